The molecule has 0 aromatic rings. The summed E-state index contributed by atoms with van der Waals surface area (Å²) in [6, 6.07) is 0. The third-order valence-electron chi connectivity index (χ3n) is 2.03. The van der Waals surface area contributed by atoms with E-state index in [4.69, 9.17) is 0 Å². The van der Waals surface area contributed by atoms with Gasteiger partial charge in [-0.3, -0.25) is 4.79 Å². The summed E-state index contributed by atoms with van der Waals surface area (Å²) in [5.41, 5.74) is 2.15. The zero-order valence-corrected chi connectivity index (χ0v) is 7.53. The Bertz CT molecular complexity index is 207. The van der Waals surface area contributed by atoms with Crippen LogP contribution in [0.25, 0.3) is 0 Å². The van der Waals surface area contributed by atoms with Crippen LogP contribution in [0.4, 0.5) is 8.78 Å². The second kappa shape index (κ2) is 3.73. The van der Waals surface area contributed by atoms with Crippen molar-refractivity contribution >= 4 is 18.3 Å². The largest absolute Gasteiger partial charge is 0.382 e. The van der Waals surface area contributed by atoms with Crippen LogP contribution < -0.4 is 11.1 Å². The summed E-state index contributed by atoms with van der Waals surface area (Å²) in [5.74, 6) is -5.63. The molecule has 0 aliphatic carbocycles. The summed E-state index contributed by atoms with van der Waals surface area (Å²) < 4.78 is 25.7. The Balaban J connectivity index is 0.00000144. The van der Waals surface area contributed by atoms with Gasteiger partial charge < -0.3 is 16.2 Å². The third kappa shape index (κ3) is 1.90. The van der Waals surface area contributed by atoms with E-state index in [0.29, 0.717) is 0 Å². The van der Waals surface area contributed by atoms with Crippen LogP contribution in [0, 0.1) is 0 Å². The van der Waals surface area contributed by atoms with E-state index in [1.165, 1.54) is 0 Å². The van der Waals surface area contributed by atoms with Gasteiger partial charge in [0, 0.05) is 6.54 Å². The lowest BCUT2D eigenvalue weighted by Crippen LogP contribution is -2.57. The Morgan fingerprint density at radius 1 is 1.62 bits per heavy atom. The van der Waals surface area contributed by atoms with Crippen molar-refractivity contribution in [3.63, 3.8) is 0 Å². The van der Waals surface area contributed by atoms with Gasteiger partial charge in [0.25, 0.3) is 5.91 Å². The zero-order chi connectivity index (χ0) is 9.41. The van der Waals surface area contributed by atoms with Crippen LogP contribution in [-0.4, -0.2) is 35.6 Å². The first-order valence-electron chi connectivity index (χ1n) is 3.51. The van der Waals surface area contributed by atoms with Crippen LogP contribution in [0.15, 0.2) is 0 Å². The molecule has 1 heterocycles. The van der Waals surface area contributed by atoms with Crippen LogP contribution in [0.1, 0.15) is 6.42 Å². The second-order valence-corrected chi connectivity index (χ2v) is 2.90. The second-order valence-electron chi connectivity index (χ2n) is 2.90. The molecule has 1 rings (SSSR count). The number of carbonyl (C=O) groups excluding carboxylic acids is 1. The molecule has 0 radical (unpaired) electrons. The van der Waals surface area contributed by atoms with Gasteiger partial charge in [-0.1, -0.05) is 0 Å². The van der Waals surface area contributed by atoms with E-state index in [2.05, 4.69) is 11.1 Å². The smallest absolute Gasteiger partial charge is 0.353 e. The van der Waals surface area contributed by atoms with Crippen molar-refractivity contribution in [2.45, 2.75) is 17.9 Å². The SMILES string of the molecule is Cl.NC(=O)C(F)(F)C1(O)CCNC1. The minimum atomic E-state index is -3.85. The van der Waals surface area contributed by atoms with Gasteiger partial charge in [0.1, 0.15) is 0 Å². The fraction of sp³-hybridized carbons (Fsp3) is 0.833. The number of alkyl halides is 2. The molecule has 0 aromatic carbocycles. The van der Waals surface area contributed by atoms with Crippen LogP contribution >= 0.6 is 12.4 Å². The van der Waals surface area contributed by atoms with Crippen LogP contribution in [0.2, 0.25) is 0 Å². The lowest BCUT2D eigenvalue weighted by Gasteiger charge is -2.28. The predicted molar refractivity (Wildman–Crippen MR) is 43.8 cm³/mol. The summed E-state index contributed by atoms with van der Waals surface area (Å²) in [6.45, 7) is -0.0394. The summed E-state index contributed by atoms with van der Waals surface area (Å²) in [4.78, 5) is 10.3. The number of halogens is 3. The van der Waals surface area contributed by atoms with E-state index in [0.717, 1.165) is 0 Å². The fourth-order valence-corrected chi connectivity index (χ4v) is 1.18. The first-order valence-corrected chi connectivity index (χ1v) is 3.51. The van der Waals surface area contributed by atoms with E-state index in [-0.39, 0.29) is 31.9 Å². The summed E-state index contributed by atoms with van der Waals surface area (Å²) >= 11 is 0. The molecule has 1 aliphatic heterocycles. The highest BCUT2D eigenvalue weighted by molar-refractivity contribution is 5.85. The normalized spacial score (nSPS) is 28.2. The molecule has 1 amide bonds. The number of amides is 1. The van der Waals surface area contributed by atoms with E-state index in [1.807, 2.05) is 0 Å². The molecule has 0 aromatic heterocycles. The molecular formula is C6H11ClF2N2O2. The first kappa shape index (κ1) is 12.5. The van der Waals surface area contributed by atoms with Gasteiger partial charge in [-0.15, -0.1) is 12.4 Å². The molecule has 0 spiro atoms. The lowest BCUT2D eigenvalue weighted by atomic mass is 9.94. The molecule has 0 bridgehead atoms. The van der Waals surface area contributed by atoms with E-state index in [9.17, 15) is 18.7 Å². The van der Waals surface area contributed by atoms with Crippen molar-refractivity contribution in [1.82, 2.24) is 5.32 Å². The highest BCUT2D eigenvalue weighted by Crippen LogP contribution is 2.33. The van der Waals surface area contributed by atoms with Crippen molar-refractivity contribution in [1.29, 1.82) is 0 Å². The maximum atomic E-state index is 12.9. The quantitative estimate of drug-likeness (QED) is 0.569. The number of carbonyl (C=O) groups is 1. The minimum Gasteiger partial charge on any atom is -0.382 e. The minimum absolute atomic E-state index is 0. The standard InChI is InChI=1S/C6H10F2N2O2.ClH/c7-6(8,4(9)11)5(12)1-2-10-3-5;/h10,12H,1-3H2,(H2,9,11);1H. The molecule has 0 saturated carbocycles. The number of hydrogen-bond acceptors (Lipinski definition) is 3. The Kier molecular flexibility index (Phi) is 3.60. The van der Waals surface area contributed by atoms with Crippen molar-refractivity contribution < 1.29 is 18.7 Å². The maximum absolute atomic E-state index is 12.9. The Morgan fingerprint density at radius 2 is 2.15 bits per heavy atom. The fourth-order valence-electron chi connectivity index (χ4n) is 1.18. The highest BCUT2D eigenvalue weighted by Gasteiger charge is 2.58. The number of aliphatic hydroxyl groups is 1. The Labute approximate surface area is 79.9 Å². The van der Waals surface area contributed by atoms with Gasteiger partial charge in [0.15, 0.2) is 5.60 Å². The van der Waals surface area contributed by atoms with Gasteiger partial charge in [-0.05, 0) is 13.0 Å². The highest BCUT2D eigenvalue weighted by atomic mass is 35.5. The van der Waals surface area contributed by atoms with Crippen LogP contribution in [-0.2, 0) is 4.79 Å². The Hall–Kier alpha value is -0.460. The summed E-state index contributed by atoms with van der Waals surface area (Å²) in [5, 5.41) is 11.8. The molecule has 1 saturated heterocycles. The third-order valence-corrected chi connectivity index (χ3v) is 2.03. The van der Waals surface area contributed by atoms with Gasteiger partial charge >= 0.3 is 5.92 Å². The summed E-state index contributed by atoms with van der Waals surface area (Å²) in [7, 11) is 0. The van der Waals surface area contributed by atoms with Crippen molar-refractivity contribution in [3.05, 3.63) is 0 Å². The van der Waals surface area contributed by atoms with Gasteiger partial charge in [0.2, 0.25) is 0 Å². The molecule has 1 fully saturated rings. The van der Waals surface area contributed by atoms with Gasteiger partial charge in [-0.2, -0.15) is 8.78 Å². The molecule has 1 atom stereocenters. The number of hydrogen-bond donors (Lipinski definition) is 3. The molecule has 7 heteroatoms. The molecule has 1 unspecified atom stereocenters. The van der Waals surface area contributed by atoms with E-state index >= 15 is 0 Å². The zero-order valence-electron chi connectivity index (χ0n) is 6.72. The van der Waals surface area contributed by atoms with Crippen molar-refractivity contribution in [2.75, 3.05) is 13.1 Å². The Morgan fingerprint density at radius 3 is 2.46 bits per heavy atom. The number of primary amides is 1. The van der Waals surface area contributed by atoms with Crippen LogP contribution in [0.3, 0.4) is 0 Å². The molecule has 4 N–H and O–H groups in total. The molecule has 78 valence electrons. The number of β-amino-alcohol motifs (C(OH)–C–C–N with tert-alkyl or cyclic N) is 1. The molecule has 1 aliphatic rings. The maximum Gasteiger partial charge on any atom is 0.353 e. The average molecular weight is 217 g/mol. The van der Waals surface area contributed by atoms with Gasteiger partial charge in [0.05, 0.1) is 0 Å². The average Bonchev–Trinajstić information content (AvgIpc) is 2.37. The number of rotatable bonds is 2. The van der Waals surface area contributed by atoms with Crippen molar-refractivity contribution in [3.8, 4) is 0 Å². The predicted octanol–water partition coefficient (Wildman–Crippen LogP) is -0.747. The number of nitrogens with one attached hydrogen (secondary N) is 1. The monoisotopic (exact) mass is 216 g/mol. The number of nitrogens with two attached hydrogens (primary N) is 1. The van der Waals surface area contributed by atoms with E-state index < -0.39 is 17.4 Å². The topological polar surface area (TPSA) is 75.4 Å². The molecule has 13 heavy (non-hydrogen) atoms. The molecular weight excluding hydrogens is 206 g/mol. The van der Waals surface area contributed by atoms with E-state index in [1.54, 1.807) is 0 Å². The lowest BCUT2D eigenvalue weighted by molar-refractivity contribution is -0.183. The van der Waals surface area contributed by atoms with Crippen molar-refractivity contribution in [2.24, 2.45) is 5.73 Å². The van der Waals surface area contributed by atoms with Crippen LogP contribution in [0.5, 0.6) is 0 Å². The first-order chi connectivity index (χ1) is 5.40. The molecule has 4 nitrogen and oxygen atoms in total. The summed E-state index contributed by atoms with van der Waals surface area (Å²) in [6.07, 6.45) is -0.164. The van der Waals surface area contributed by atoms with Gasteiger partial charge in [-0.25, -0.2) is 0 Å².